The SMILES string of the molecule is COC(=O)N1C(=O)[C@H]2[C@H](CC=C3[C@H]2C[C@@]2(Cl)C(=O)N(c4ccc(F)cc4)C(=O)[C@@]2(Cl)[C@H]3C=Cc2cc(OC)c(O)c(OC)c2)C1=O. The second kappa shape index (κ2) is 11.1. The predicted octanol–water partition coefficient (Wildman–Crippen LogP) is 4.42. The first-order valence-corrected chi connectivity index (χ1v) is 14.9. The van der Waals surface area contributed by atoms with Crippen LogP contribution < -0.4 is 14.4 Å². The summed E-state index contributed by atoms with van der Waals surface area (Å²) >= 11 is 14.5. The molecule has 11 nitrogen and oxygen atoms in total. The lowest BCUT2D eigenvalue weighted by molar-refractivity contribution is -0.138. The van der Waals surface area contributed by atoms with Gasteiger partial charge in [0, 0.05) is 5.92 Å². The number of hydrogen-bond donors (Lipinski definition) is 1. The highest BCUT2D eigenvalue weighted by Crippen LogP contribution is 2.63. The van der Waals surface area contributed by atoms with E-state index in [0.717, 1.165) is 24.1 Å². The molecule has 2 aliphatic carbocycles. The summed E-state index contributed by atoms with van der Waals surface area (Å²) in [5.74, 6) is -7.92. The van der Waals surface area contributed by atoms with Crippen LogP contribution in [0.15, 0.2) is 54.1 Å². The first-order valence-electron chi connectivity index (χ1n) is 14.1. The average Bonchev–Trinajstić information content (AvgIpc) is 3.38. The number of imide groups is 4. The fraction of sp³-hybridized carbons (Fsp3) is 0.344. The second-order valence-electron chi connectivity index (χ2n) is 11.4. The molecule has 1 saturated carbocycles. The monoisotopic (exact) mass is 672 g/mol. The summed E-state index contributed by atoms with van der Waals surface area (Å²) in [6.45, 7) is 0. The van der Waals surface area contributed by atoms with Gasteiger partial charge in [0.2, 0.25) is 17.6 Å². The molecule has 0 aromatic heterocycles. The van der Waals surface area contributed by atoms with Crippen molar-refractivity contribution in [3.63, 3.8) is 0 Å². The van der Waals surface area contributed by atoms with Crippen LogP contribution in [0.4, 0.5) is 14.9 Å². The number of ether oxygens (including phenoxy) is 3. The molecule has 1 N–H and O–H groups in total. The van der Waals surface area contributed by atoms with Crippen molar-refractivity contribution >= 4 is 64.7 Å². The molecular formula is C32H27Cl2FN2O9. The number of allylic oxidation sites excluding steroid dienone is 3. The minimum atomic E-state index is -2.13. The van der Waals surface area contributed by atoms with Crippen molar-refractivity contribution in [2.24, 2.45) is 23.7 Å². The van der Waals surface area contributed by atoms with Gasteiger partial charge in [-0.2, -0.15) is 4.90 Å². The van der Waals surface area contributed by atoms with Gasteiger partial charge in [-0.15, -0.1) is 23.2 Å². The average molecular weight is 673 g/mol. The van der Waals surface area contributed by atoms with Crippen LogP contribution in [0.5, 0.6) is 17.2 Å². The number of fused-ring (bicyclic) bond motifs is 4. The molecular weight excluding hydrogens is 646 g/mol. The van der Waals surface area contributed by atoms with Crippen LogP contribution in [0.2, 0.25) is 0 Å². The van der Waals surface area contributed by atoms with E-state index in [1.807, 2.05) is 0 Å². The number of carbonyl (C=O) groups is 5. The summed E-state index contributed by atoms with van der Waals surface area (Å²) in [4.78, 5) is 64.7. The third-order valence-electron chi connectivity index (χ3n) is 9.29. The Kier molecular flexibility index (Phi) is 7.63. The lowest BCUT2D eigenvalue weighted by atomic mass is 9.57. The molecule has 2 aliphatic heterocycles. The van der Waals surface area contributed by atoms with E-state index in [1.54, 1.807) is 18.2 Å². The van der Waals surface area contributed by atoms with Crippen LogP contribution in [0, 0.1) is 29.5 Å². The molecule has 6 rings (SSSR count). The standard InChI is InChI=1S/C32H27Cl2FN2O9/c1-44-22-12-15(13-23(45-2)25(22)38)4-11-21-18-9-10-19-24(27(40)37(26(19)39)30(43)46-3)20(18)14-31(33)28(41)36(29(42)32(21,31)34)17-7-5-16(35)6-8-17/h4-9,11-13,19-21,24,38H,10,14H2,1-3H3/t19-,20+,21-,24-,31+,32-/m0/s1. The fourth-order valence-electron chi connectivity index (χ4n) is 7.14. The first kappa shape index (κ1) is 31.6. The molecule has 2 heterocycles. The maximum Gasteiger partial charge on any atom is 0.423 e. The van der Waals surface area contributed by atoms with Crippen LogP contribution in [0.25, 0.3) is 6.08 Å². The van der Waals surface area contributed by atoms with Gasteiger partial charge in [0.05, 0.1) is 38.9 Å². The zero-order chi connectivity index (χ0) is 33.3. The van der Waals surface area contributed by atoms with Gasteiger partial charge < -0.3 is 19.3 Å². The van der Waals surface area contributed by atoms with Crippen molar-refractivity contribution in [2.75, 3.05) is 26.2 Å². The Morgan fingerprint density at radius 2 is 1.61 bits per heavy atom. The highest BCUT2D eigenvalue weighted by Gasteiger charge is 2.76. The third kappa shape index (κ3) is 4.26. The molecule has 2 aromatic carbocycles. The third-order valence-corrected chi connectivity index (χ3v) is 10.7. The molecule has 4 aliphatic rings. The highest BCUT2D eigenvalue weighted by molar-refractivity contribution is 6.58. The van der Waals surface area contributed by atoms with E-state index in [2.05, 4.69) is 4.74 Å². The van der Waals surface area contributed by atoms with Gasteiger partial charge >= 0.3 is 6.09 Å². The molecule has 3 fully saturated rings. The summed E-state index contributed by atoms with van der Waals surface area (Å²) in [6.07, 6.45) is 3.44. The van der Waals surface area contributed by atoms with Gasteiger partial charge in [-0.05, 0) is 60.7 Å². The van der Waals surface area contributed by atoms with E-state index in [-0.39, 0.29) is 35.8 Å². The molecule has 46 heavy (non-hydrogen) atoms. The van der Waals surface area contributed by atoms with Crippen molar-refractivity contribution in [3.8, 4) is 17.2 Å². The van der Waals surface area contributed by atoms with Crippen LogP contribution in [-0.2, 0) is 23.9 Å². The molecule has 0 spiro atoms. The number of methoxy groups -OCH3 is 3. The van der Waals surface area contributed by atoms with Gasteiger partial charge in [-0.3, -0.25) is 19.2 Å². The smallest absolute Gasteiger partial charge is 0.423 e. The Bertz CT molecular complexity index is 1740. The number of phenols is 1. The molecule has 6 atom stereocenters. The van der Waals surface area contributed by atoms with Crippen LogP contribution in [0.1, 0.15) is 18.4 Å². The highest BCUT2D eigenvalue weighted by atomic mass is 35.5. The van der Waals surface area contributed by atoms with E-state index < -0.39 is 69.0 Å². The minimum Gasteiger partial charge on any atom is -0.502 e. The Labute approximate surface area is 272 Å². The van der Waals surface area contributed by atoms with Gasteiger partial charge in [-0.1, -0.05) is 23.8 Å². The molecule has 2 saturated heterocycles. The minimum absolute atomic E-state index is 0.0420. The number of anilines is 1. The molecule has 14 heteroatoms. The number of rotatable bonds is 5. The quantitative estimate of drug-likeness (QED) is 0.278. The number of hydrogen-bond acceptors (Lipinski definition) is 9. The Hall–Kier alpha value is -4.42. The number of amides is 5. The van der Waals surface area contributed by atoms with Crippen molar-refractivity contribution in [1.29, 1.82) is 0 Å². The van der Waals surface area contributed by atoms with Crippen LogP contribution in [0.3, 0.4) is 0 Å². The molecule has 240 valence electrons. The molecule has 0 radical (unpaired) electrons. The van der Waals surface area contributed by atoms with Crippen LogP contribution >= 0.6 is 23.2 Å². The zero-order valence-corrected chi connectivity index (χ0v) is 26.2. The fourth-order valence-corrected chi connectivity index (χ4v) is 8.03. The molecule has 5 amide bonds. The number of alkyl halides is 2. The summed E-state index contributed by atoms with van der Waals surface area (Å²) in [5, 5.41) is 10.4. The van der Waals surface area contributed by atoms with Crippen LogP contribution in [-0.4, -0.2) is 70.8 Å². The lowest BCUT2D eigenvalue weighted by Gasteiger charge is -2.49. The molecule has 2 aromatic rings. The summed E-state index contributed by atoms with van der Waals surface area (Å²) in [6, 6.07) is 7.68. The second-order valence-corrected chi connectivity index (χ2v) is 12.7. The maximum atomic E-state index is 14.3. The number of aromatic hydroxyl groups is 1. The summed E-state index contributed by atoms with van der Waals surface area (Å²) < 4.78 is 29.0. The van der Waals surface area contributed by atoms with Crippen molar-refractivity contribution in [2.45, 2.75) is 22.6 Å². The number of nitrogens with zero attached hydrogens (tertiary/aromatic N) is 2. The van der Waals surface area contributed by atoms with Crippen molar-refractivity contribution in [3.05, 3.63) is 65.5 Å². The van der Waals surface area contributed by atoms with Gasteiger partial charge in [0.15, 0.2) is 21.2 Å². The Balaban J connectivity index is 1.51. The van der Waals surface area contributed by atoms with Gasteiger partial charge in [0.25, 0.3) is 11.8 Å². The topological polar surface area (TPSA) is 140 Å². The largest absolute Gasteiger partial charge is 0.502 e. The molecule has 0 bridgehead atoms. The van der Waals surface area contributed by atoms with E-state index in [1.165, 1.54) is 38.5 Å². The van der Waals surface area contributed by atoms with Gasteiger partial charge in [0.1, 0.15) is 5.82 Å². The van der Waals surface area contributed by atoms with Crippen molar-refractivity contribution in [1.82, 2.24) is 4.90 Å². The normalized spacial score (nSPS) is 30.3. The van der Waals surface area contributed by atoms with E-state index >= 15 is 0 Å². The summed E-state index contributed by atoms with van der Waals surface area (Å²) in [5.41, 5.74) is 0.983. The zero-order valence-electron chi connectivity index (χ0n) is 24.7. The van der Waals surface area contributed by atoms with E-state index in [0.29, 0.717) is 16.0 Å². The number of benzene rings is 2. The number of phenolic OH excluding ortho intramolecular Hbond substituents is 1. The molecule has 0 unspecified atom stereocenters. The van der Waals surface area contributed by atoms with Crippen molar-refractivity contribution < 1.29 is 47.7 Å². The van der Waals surface area contributed by atoms with Gasteiger partial charge in [-0.25, -0.2) is 14.1 Å². The predicted molar refractivity (Wildman–Crippen MR) is 162 cm³/mol. The Morgan fingerprint density at radius 1 is 0.978 bits per heavy atom. The Morgan fingerprint density at radius 3 is 2.20 bits per heavy atom. The first-order chi connectivity index (χ1) is 21.8. The lowest BCUT2D eigenvalue weighted by Crippen LogP contribution is -2.60. The number of carbonyl (C=O) groups excluding carboxylic acids is 5. The van der Waals surface area contributed by atoms with E-state index in [9.17, 15) is 33.5 Å². The van der Waals surface area contributed by atoms with E-state index in [4.69, 9.17) is 32.7 Å². The maximum absolute atomic E-state index is 14.3. The number of halogens is 3. The summed E-state index contributed by atoms with van der Waals surface area (Å²) in [7, 11) is 3.76. The number of likely N-dealkylation sites (tertiary alicyclic amines) is 1.